The van der Waals surface area contributed by atoms with Gasteiger partial charge in [-0.15, -0.1) is 0 Å². The standard InChI is InChI=1S/C15H5Cl2F11O3/c1-4-6(10(17)30)2-5(9(16)29)3-7(4)31-11(19)8(18)12(20,21)13(22,23)14(24,25)15(26,27)28/h2-3H,1H3. The molecule has 1 rings (SSSR count). The maximum Gasteiger partial charge on any atom is 0.460 e. The van der Waals surface area contributed by atoms with Crippen molar-refractivity contribution in [3.05, 3.63) is 40.7 Å². The third-order valence-corrected chi connectivity index (χ3v) is 4.01. The second-order valence-corrected chi connectivity index (χ2v) is 6.29. The Bertz CT molecular complexity index is 939. The summed E-state index contributed by atoms with van der Waals surface area (Å²) in [5.74, 6) is -27.4. The van der Waals surface area contributed by atoms with Crippen molar-refractivity contribution in [1.29, 1.82) is 0 Å². The van der Waals surface area contributed by atoms with Crippen LogP contribution >= 0.6 is 23.2 Å². The van der Waals surface area contributed by atoms with Crippen LogP contribution in [0.4, 0.5) is 48.3 Å². The molecule has 0 aliphatic rings. The lowest BCUT2D eigenvalue weighted by atomic mass is 10.0. The minimum Gasteiger partial charge on any atom is -0.429 e. The smallest absolute Gasteiger partial charge is 0.429 e. The molecule has 1 aromatic rings. The quantitative estimate of drug-likeness (QED) is 0.232. The Morgan fingerprint density at radius 3 is 1.71 bits per heavy atom. The molecule has 0 atom stereocenters. The van der Waals surface area contributed by atoms with Gasteiger partial charge in [-0.3, -0.25) is 9.59 Å². The molecule has 16 heteroatoms. The van der Waals surface area contributed by atoms with Gasteiger partial charge in [0.15, 0.2) is 0 Å². The molecule has 0 aliphatic heterocycles. The molecule has 31 heavy (non-hydrogen) atoms. The highest BCUT2D eigenvalue weighted by molar-refractivity contribution is 6.69. The Hall–Kier alpha value is -2.09. The summed E-state index contributed by atoms with van der Waals surface area (Å²) in [7, 11) is 0. The molecular formula is C15H5Cl2F11O3. The van der Waals surface area contributed by atoms with E-state index >= 15 is 0 Å². The molecule has 0 spiro atoms. The summed E-state index contributed by atoms with van der Waals surface area (Å²) in [6.07, 6.45) is -7.27. The molecular weight excluding hydrogens is 508 g/mol. The second kappa shape index (κ2) is 8.45. The molecule has 3 nitrogen and oxygen atoms in total. The highest BCUT2D eigenvalue weighted by Crippen LogP contribution is 2.55. The van der Waals surface area contributed by atoms with E-state index in [1.54, 1.807) is 0 Å². The van der Waals surface area contributed by atoms with Crippen LogP contribution in [0.3, 0.4) is 0 Å². The van der Waals surface area contributed by atoms with E-state index in [9.17, 15) is 57.9 Å². The molecule has 0 saturated carbocycles. The summed E-state index contributed by atoms with van der Waals surface area (Å²) < 4.78 is 146. The van der Waals surface area contributed by atoms with E-state index in [2.05, 4.69) is 4.74 Å². The summed E-state index contributed by atoms with van der Waals surface area (Å²) in [6.45, 7) is 0.850. The summed E-state index contributed by atoms with van der Waals surface area (Å²) in [5.41, 5.74) is -2.00. The fourth-order valence-electron chi connectivity index (χ4n) is 1.89. The van der Waals surface area contributed by atoms with Crippen molar-refractivity contribution in [2.75, 3.05) is 0 Å². The van der Waals surface area contributed by atoms with Gasteiger partial charge in [-0.05, 0) is 42.3 Å². The summed E-state index contributed by atoms with van der Waals surface area (Å²) in [4.78, 5) is 22.4. The van der Waals surface area contributed by atoms with Gasteiger partial charge in [-0.2, -0.15) is 48.3 Å². The summed E-state index contributed by atoms with van der Waals surface area (Å²) in [6, 6.07) is -2.29. The highest BCUT2D eigenvalue weighted by atomic mass is 35.5. The van der Waals surface area contributed by atoms with E-state index in [4.69, 9.17) is 23.2 Å². The van der Waals surface area contributed by atoms with Crippen molar-refractivity contribution in [2.24, 2.45) is 0 Å². The first kappa shape index (κ1) is 26.9. The molecule has 174 valence electrons. The zero-order valence-corrected chi connectivity index (χ0v) is 15.8. The number of halogens is 13. The monoisotopic (exact) mass is 512 g/mol. The molecule has 0 aliphatic carbocycles. The number of carbonyl (C=O) groups excluding carboxylic acids is 2. The predicted octanol–water partition coefficient (Wildman–Crippen LogP) is 6.71. The maximum atomic E-state index is 13.7. The lowest BCUT2D eigenvalue weighted by molar-refractivity contribution is -0.392. The van der Waals surface area contributed by atoms with Crippen molar-refractivity contribution in [1.82, 2.24) is 0 Å². The first-order valence-electron chi connectivity index (χ1n) is 7.18. The molecule has 0 unspecified atom stereocenters. The molecule has 0 saturated heterocycles. The minimum atomic E-state index is -7.50. The lowest BCUT2D eigenvalue weighted by Crippen LogP contribution is -2.61. The van der Waals surface area contributed by atoms with Gasteiger partial charge in [-0.25, -0.2) is 0 Å². The number of carbonyl (C=O) groups is 2. The van der Waals surface area contributed by atoms with Crippen molar-refractivity contribution < 1.29 is 62.6 Å². The van der Waals surface area contributed by atoms with Crippen LogP contribution in [0.15, 0.2) is 24.0 Å². The highest BCUT2D eigenvalue weighted by Gasteiger charge is 2.83. The summed E-state index contributed by atoms with van der Waals surface area (Å²) >= 11 is 10.2. The zero-order chi connectivity index (χ0) is 24.7. The average Bonchev–Trinajstić information content (AvgIpc) is 2.60. The van der Waals surface area contributed by atoms with Crippen LogP contribution in [-0.4, -0.2) is 34.4 Å². The minimum absolute atomic E-state index is 0.390. The van der Waals surface area contributed by atoms with E-state index in [0.29, 0.717) is 12.1 Å². The van der Waals surface area contributed by atoms with E-state index in [0.717, 1.165) is 6.92 Å². The van der Waals surface area contributed by atoms with E-state index in [-0.39, 0.29) is 0 Å². The molecule has 0 fully saturated rings. The van der Waals surface area contributed by atoms with Crippen LogP contribution < -0.4 is 4.74 Å². The van der Waals surface area contributed by atoms with Crippen molar-refractivity contribution in [2.45, 2.75) is 30.9 Å². The predicted molar refractivity (Wildman–Crippen MR) is 82.3 cm³/mol. The Morgan fingerprint density at radius 1 is 0.839 bits per heavy atom. The Kier molecular flexibility index (Phi) is 7.34. The number of hydrogen-bond donors (Lipinski definition) is 0. The van der Waals surface area contributed by atoms with Gasteiger partial charge >= 0.3 is 30.0 Å². The van der Waals surface area contributed by atoms with Crippen LogP contribution in [0.25, 0.3) is 0 Å². The second-order valence-electron chi connectivity index (χ2n) is 5.61. The fraction of sp³-hybridized carbons (Fsp3) is 0.333. The van der Waals surface area contributed by atoms with E-state index in [1.165, 1.54) is 0 Å². The topological polar surface area (TPSA) is 43.4 Å². The third kappa shape index (κ3) is 4.73. The third-order valence-electron chi connectivity index (χ3n) is 3.59. The largest absolute Gasteiger partial charge is 0.460 e. The Labute approximate surface area is 174 Å². The van der Waals surface area contributed by atoms with Crippen molar-refractivity contribution >= 4 is 33.7 Å². The fourth-order valence-corrected chi connectivity index (χ4v) is 2.19. The molecule has 0 aromatic heterocycles. The average molecular weight is 513 g/mol. The summed E-state index contributed by atoms with van der Waals surface area (Å²) in [5, 5.41) is -2.75. The van der Waals surface area contributed by atoms with E-state index < -0.39 is 68.7 Å². The number of benzene rings is 1. The maximum absolute atomic E-state index is 13.7. The van der Waals surface area contributed by atoms with Crippen molar-refractivity contribution in [3.63, 3.8) is 0 Å². The van der Waals surface area contributed by atoms with Crippen LogP contribution in [-0.2, 0) is 0 Å². The molecule has 0 amide bonds. The number of alkyl halides is 9. The SMILES string of the molecule is Cc1c(OC(F)=C(F)C(F)(F)C(F)(F)C(F)(F)C(F)(F)F)cc(C(=O)Cl)cc1C(=O)Cl. The van der Waals surface area contributed by atoms with Gasteiger partial charge in [0.25, 0.3) is 10.5 Å². The number of ether oxygens (including phenoxy) is 1. The van der Waals surface area contributed by atoms with Gasteiger partial charge in [0.05, 0.1) is 0 Å². The van der Waals surface area contributed by atoms with Gasteiger partial charge in [0.2, 0.25) is 5.83 Å². The van der Waals surface area contributed by atoms with Crippen molar-refractivity contribution in [3.8, 4) is 5.75 Å². The first-order valence-corrected chi connectivity index (χ1v) is 7.93. The molecule has 0 radical (unpaired) electrons. The van der Waals surface area contributed by atoms with Gasteiger partial charge < -0.3 is 4.74 Å². The van der Waals surface area contributed by atoms with Crippen LogP contribution in [0.5, 0.6) is 5.75 Å². The number of rotatable bonds is 7. The molecule has 0 heterocycles. The molecule has 1 aromatic carbocycles. The van der Waals surface area contributed by atoms with Crippen LogP contribution in [0.2, 0.25) is 0 Å². The molecule has 0 bridgehead atoms. The molecule has 0 N–H and O–H groups in total. The van der Waals surface area contributed by atoms with Gasteiger partial charge in [0.1, 0.15) is 5.75 Å². The van der Waals surface area contributed by atoms with Crippen LogP contribution in [0.1, 0.15) is 26.3 Å². The van der Waals surface area contributed by atoms with Gasteiger partial charge in [-0.1, -0.05) is 0 Å². The zero-order valence-electron chi connectivity index (χ0n) is 14.3. The van der Waals surface area contributed by atoms with Crippen LogP contribution in [0, 0.1) is 6.92 Å². The van der Waals surface area contributed by atoms with Gasteiger partial charge in [0, 0.05) is 16.7 Å². The normalized spacial score (nSPS) is 14.3. The number of allylic oxidation sites excluding steroid dienone is 1. The number of hydrogen-bond acceptors (Lipinski definition) is 3. The Balaban J connectivity index is 3.58. The van der Waals surface area contributed by atoms with E-state index in [1.807, 2.05) is 0 Å². The lowest BCUT2D eigenvalue weighted by Gasteiger charge is -2.32. The first-order chi connectivity index (χ1) is 13.7. The Morgan fingerprint density at radius 2 is 1.32 bits per heavy atom.